The van der Waals surface area contributed by atoms with Gasteiger partial charge < -0.3 is 30.2 Å². The van der Waals surface area contributed by atoms with Crippen LogP contribution in [0, 0.1) is 17.6 Å². The van der Waals surface area contributed by atoms with Crippen molar-refractivity contribution in [3.63, 3.8) is 0 Å². The maximum Gasteiger partial charge on any atom is 0.294 e. The molecule has 7 atom stereocenters. The van der Waals surface area contributed by atoms with E-state index in [1.165, 1.54) is 48.5 Å². The van der Waals surface area contributed by atoms with Crippen molar-refractivity contribution in [3.05, 3.63) is 260 Å². The molecular weight excluding hydrogens is 1220 g/mol. The minimum Gasteiger partial charge on any atom is -0.377 e. The van der Waals surface area contributed by atoms with E-state index in [0.717, 1.165) is 88.9 Å². The van der Waals surface area contributed by atoms with Crippen LogP contribution in [0.1, 0.15) is 127 Å². The monoisotopic (exact) mass is 1290 g/mol. The van der Waals surface area contributed by atoms with Crippen LogP contribution < -0.4 is 21.3 Å². The zero-order valence-corrected chi connectivity index (χ0v) is 53.0. The number of aryl methyl sites for hydroxylation is 1. The molecule has 0 aliphatic carbocycles. The predicted octanol–water partition coefficient (Wildman–Crippen LogP) is 11.3. The van der Waals surface area contributed by atoms with Gasteiger partial charge in [0.2, 0.25) is 0 Å². The van der Waals surface area contributed by atoms with Crippen LogP contribution in [0.5, 0.6) is 0 Å². The number of benzene rings is 5. The Hall–Kier alpha value is -8.32. The molecule has 468 valence electrons. The lowest BCUT2D eigenvalue weighted by Gasteiger charge is -2.31. The van der Waals surface area contributed by atoms with E-state index in [2.05, 4.69) is 128 Å². The van der Waals surface area contributed by atoms with Gasteiger partial charge in [-0.2, -0.15) is 33.7 Å². The van der Waals surface area contributed by atoms with Gasteiger partial charge in [0.15, 0.2) is 0 Å². The SMILES string of the molecule is Cc1ccc(-c2ccc(C3C=C/C(=c4/cc/c(=c5/cc/c(=C6/C=CC(C)N6)[nH]5)[nH]4)N3)n2Cc2ccc(C(CC(C)c3ccc(S(=O)(=O)O)cc3)CC(CC(CC(C)c3ccc(S(=O)(=O)O)cc3)c3ccc(S(=O)(=O)O)cc3)c3ccc(S(=O)(=O)O)cc3)cc2)[nH]1. The number of H-pyrrole nitrogens is 3. The molecule has 0 radical (unpaired) electrons. The Morgan fingerprint density at radius 3 is 1.21 bits per heavy atom. The van der Waals surface area contributed by atoms with Gasteiger partial charge in [-0.3, -0.25) is 18.2 Å². The van der Waals surface area contributed by atoms with Crippen LogP contribution in [0.2, 0.25) is 0 Å². The third-order valence-corrected chi connectivity index (χ3v) is 20.9. The maximum absolute atomic E-state index is 12.4. The summed E-state index contributed by atoms with van der Waals surface area (Å²) in [6.07, 6.45) is 10.3. The summed E-state index contributed by atoms with van der Waals surface area (Å²) >= 11 is 0. The van der Waals surface area contributed by atoms with Crippen molar-refractivity contribution in [2.24, 2.45) is 0 Å². The Kier molecular flexibility index (Phi) is 17.9. The molecule has 2 aliphatic heterocycles. The molecule has 0 fully saturated rings. The Morgan fingerprint density at radius 1 is 0.422 bits per heavy atom. The minimum absolute atomic E-state index is 0.175. The topological polar surface area (TPSA) is 294 Å². The molecule has 4 aromatic heterocycles. The highest BCUT2D eigenvalue weighted by Gasteiger charge is 2.30. The molecule has 0 saturated carbocycles. The molecule has 0 saturated heterocycles. The van der Waals surface area contributed by atoms with Crippen LogP contribution in [0.4, 0.5) is 0 Å². The zero-order chi connectivity index (χ0) is 63.9. The van der Waals surface area contributed by atoms with Crippen molar-refractivity contribution in [2.75, 3.05) is 0 Å². The summed E-state index contributed by atoms with van der Waals surface area (Å²) in [6.45, 7) is 8.64. The number of hydrogen-bond donors (Lipinski definition) is 9. The molecule has 7 unspecified atom stereocenters. The number of aromatic nitrogens is 4. The molecule has 0 spiro atoms. The molecule has 9 N–H and O–H groups in total. The van der Waals surface area contributed by atoms with Gasteiger partial charge in [-0.25, -0.2) is 0 Å². The summed E-state index contributed by atoms with van der Waals surface area (Å²) in [5.41, 5.74) is 11.1. The van der Waals surface area contributed by atoms with Crippen molar-refractivity contribution < 1.29 is 51.9 Å². The first-order valence-electron chi connectivity index (χ1n) is 29.5. The molecule has 18 nitrogen and oxygen atoms in total. The van der Waals surface area contributed by atoms with Crippen molar-refractivity contribution in [3.8, 4) is 11.4 Å². The quantitative estimate of drug-likeness (QED) is 0.0303. The van der Waals surface area contributed by atoms with Crippen molar-refractivity contribution in [2.45, 2.75) is 121 Å². The van der Waals surface area contributed by atoms with Gasteiger partial charge in [-0.1, -0.05) is 98.8 Å². The van der Waals surface area contributed by atoms with E-state index in [1.807, 2.05) is 26.8 Å². The van der Waals surface area contributed by atoms with Crippen LogP contribution >= 0.6 is 0 Å². The summed E-state index contributed by atoms with van der Waals surface area (Å²) in [7, 11) is -18.1. The van der Waals surface area contributed by atoms with Crippen molar-refractivity contribution in [1.82, 2.24) is 30.2 Å². The molecule has 2 aliphatic rings. The summed E-state index contributed by atoms with van der Waals surface area (Å²) in [6, 6.07) is 49.3. The van der Waals surface area contributed by atoms with E-state index in [9.17, 15) is 51.9 Å². The molecule has 11 rings (SSSR count). The lowest BCUT2D eigenvalue weighted by atomic mass is 9.73. The average Bonchev–Trinajstić information content (AvgIpc) is 1.65. The van der Waals surface area contributed by atoms with Crippen LogP contribution in [0.3, 0.4) is 0 Å². The highest BCUT2D eigenvalue weighted by atomic mass is 32.2. The summed E-state index contributed by atoms with van der Waals surface area (Å²) in [4.78, 5) is 9.59. The summed E-state index contributed by atoms with van der Waals surface area (Å²) < 4.78 is 140. The molecular formula is C68H70N6O12S4. The van der Waals surface area contributed by atoms with E-state index < -0.39 is 40.5 Å². The van der Waals surface area contributed by atoms with E-state index >= 15 is 0 Å². The minimum atomic E-state index is -4.58. The van der Waals surface area contributed by atoms with Gasteiger partial charge in [-0.15, -0.1) is 0 Å². The smallest absolute Gasteiger partial charge is 0.294 e. The van der Waals surface area contributed by atoms with Gasteiger partial charge >= 0.3 is 0 Å². The number of aromatic amines is 3. The van der Waals surface area contributed by atoms with Crippen molar-refractivity contribution >= 4 is 51.9 Å². The normalized spacial score (nSPS) is 18.7. The molecule has 5 aromatic carbocycles. The third-order valence-electron chi connectivity index (χ3n) is 17.4. The standard InChI is InChI=1S/C68H70N6O12S4/c1-42(47-11-19-55(20-12-47)87(75,76)77)37-52(39-54(51-17-25-58(26-18-51)90(84,85)86)40-53(50-15-23-57(24-16-50)89(81,82)83)38-43(2)48-13-21-56(22-14-48)88(78,79)80)49-9-7-46(8-10-49)41-74-67(65-28-6-45(4)70-65)35-36-68(74)66-34-33-64(73-66)63-32-31-62(72-63)61-30-29-60(71-61)59-27-5-44(3)69-59/h5-36,42-44,52-54,66,69-73H,37-41H2,1-4H3,(H,75,76,77)(H,78,79,80)(H,81,82,83)(H,84,85,86)/b60-59+,62-61+,64-63+. The lowest BCUT2D eigenvalue weighted by Crippen LogP contribution is -2.22. The fraction of sp³-hybridized carbons (Fsp3) is 0.235. The number of hydrogen-bond acceptors (Lipinski definition) is 10. The van der Waals surface area contributed by atoms with Crippen LogP contribution in [0.15, 0.2) is 214 Å². The molecule has 22 heteroatoms. The lowest BCUT2D eigenvalue weighted by molar-refractivity contribution is 0.413. The Balaban J connectivity index is 0.946. The molecule has 90 heavy (non-hydrogen) atoms. The van der Waals surface area contributed by atoms with E-state index in [0.29, 0.717) is 32.2 Å². The van der Waals surface area contributed by atoms with Crippen LogP contribution in [0.25, 0.3) is 22.8 Å². The van der Waals surface area contributed by atoms with Gasteiger partial charge in [0.25, 0.3) is 40.5 Å². The van der Waals surface area contributed by atoms with Crippen LogP contribution in [-0.2, 0) is 47.0 Å². The van der Waals surface area contributed by atoms with Gasteiger partial charge in [0.05, 0.1) is 69.8 Å². The molecule has 6 heterocycles. The predicted molar refractivity (Wildman–Crippen MR) is 345 cm³/mol. The van der Waals surface area contributed by atoms with Crippen LogP contribution in [-0.4, -0.2) is 77.4 Å². The zero-order valence-electron chi connectivity index (χ0n) is 49.7. The first-order chi connectivity index (χ1) is 42.7. The summed E-state index contributed by atoms with van der Waals surface area (Å²) in [5.74, 6) is -1.34. The number of nitrogens with zero attached hydrogens (tertiary/aromatic N) is 1. The Morgan fingerprint density at radius 2 is 0.811 bits per heavy atom. The van der Waals surface area contributed by atoms with E-state index in [1.54, 1.807) is 48.5 Å². The first kappa shape index (κ1) is 63.3. The summed E-state index contributed by atoms with van der Waals surface area (Å²) in [5, 5.41) is 11.1. The highest BCUT2D eigenvalue weighted by Crippen LogP contribution is 2.45. The van der Waals surface area contributed by atoms with E-state index in [-0.39, 0.29) is 61.3 Å². The maximum atomic E-state index is 12.4. The fourth-order valence-corrected chi connectivity index (χ4v) is 14.5. The second kappa shape index (κ2) is 25.5. The second-order valence-electron chi connectivity index (χ2n) is 23.7. The van der Waals surface area contributed by atoms with E-state index in [4.69, 9.17) is 0 Å². The van der Waals surface area contributed by atoms with Crippen molar-refractivity contribution in [1.29, 1.82) is 0 Å². The first-order valence-corrected chi connectivity index (χ1v) is 35.2. The second-order valence-corrected chi connectivity index (χ2v) is 29.4. The fourth-order valence-electron chi connectivity index (χ4n) is 12.5. The Labute approximate surface area is 523 Å². The number of rotatable bonds is 21. The Bertz CT molecular complexity index is 4880. The highest BCUT2D eigenvalue weighted by molar-refractivity contribution is 7.86. The van der Waals surface area contributed by atoms with Gasteiger partial charge in [0.1, 0.15) is 0 Å². The van der Waals surface area contributed by atoms with Gasteiger partial charge in [0, 0.05) is 24.0 Å². The number of nitrogens with one attached hydrogen (secondary N) is 5. The molecule has 9 aromatic rings. The molecule has 0 amide bonds. The third kappa shape index (κ3) is 14.6. The largest absolute Gasteiger partial charge is 0.377 e. The molecule has 0 bridgehead atoms. The average molecular weight is 1290 g/mol. The van der Waals surface area contributed by atoms with Gasteiger partial charge in [-0.05, 0) is 212 Å².